The lowest BCUT2D eigenvalue weighted by molar-refractivity contribution is -0.141. The highest BCUT2D eigenvalue weighted by molar-refractivity contribution is 5.78. The van der Waals surface area contributed by atoms with Crippen molar-refractivity contribution in [3.05, 3.63) is 7.11 Å². The largest absolute Gasteiger partial charge is 0.369 e. The highest BCUT2D eigenvalue weighted by atomic mass is 16.5. The van der Waals surface area contributed by atoms with Crippen molar-refractivity contribution in [1.29, 1.82) is 0 Å². The Morgan fingerprint density at radius 1 is 0.944 bits per heavy atom. The molecule has 2 aliphatic carbocycles. The Morgan fingerprint density at radius 3 is 1.78 bits per heavy atom. The van der Waals surface area contributed by atoms with Crippen LogP contribution >= 0.6 is 0 Å². The molecule has 103 valence electrons. The quantitative estimate of drug-likeness (QED) is 0.768. The second-order valence-corrected chi connectivity index (χ2v) is 5.73. The molecule has 2 fully saturated rings. The maximum Gasteiger partial charge on any atom is 0.249 e. The molecule has 18 heavy (non-hydrogen) atoms. The van der Waals surface area contributed by atoms with Crippen molar-refractivity contribution in [2.24, 2.45) is 0 Å². The second-order valence-electron chi connectivity index (χ2n) is 5.73. The standard InChI is InChI=1S/C15H26NO2/c1-18-12-15(17)16(13-8-4-2-5-9-13)14-10-6-3-7-11-14/h13-14H,1-12H2. The first-order chi connectivity index (χ1) is 8.83. The van der Waals surface area contributed by atoms with E-state index in [0.29, 0.717) is 12.1 Å². The average Bonchev–Trinajstić information content (AvgIpc) is 2.42. The van der Waals surface area contributed by atoms with Gasteiger partial charge in [-0.3, -0.25) is 4.79 Å². The van der Waals surface area contributed by atoms with E-state index in [9.17, 15) is 4.79 Å². The summed E-state index contributed by atoms with van der Waals surface area (Å²) in [7, 11) is 3.35. The molecule has 0 aromatic rings. The summed E-state index contributed by atoms with van der Waals surface area (Å²) in [5.41, 5.74) is 0. The number of hydrogen-bond donors (Lipinski definition) is 0. The molecule has 0 saturated heterocycles. The van der Waals surface area contributed by atoms with Crippen LogP contribution in [0.2, 0.25) is 0 Å². The Morgan fingerprint density at radius 2 is 1.39 bits per heavy atom. The van der Waals surface area contributed by atoms with Gasteiger partial charge in [0, 0.05) is 12.1 Å². The highest BCUT2D eigenvalue weighted by Gasteiger charge is 2.31. The molecule has 2 saturated carbocycles. The summed E-state index contributed by atoms with van der Waals surface area (Å²) in [6.07, 6.45) is 12.5. The highest BCUT2D eigenvalue weighted by Crippen LogP contribution is 2.30. The van der Waals surface area contributed by atoms with Crippen molar-refractivity contribution >= 4 is 5.91 Å². The summed E-state index contributed by atoms with van der Waals surface area (Å²) < 4.78 is 4.83. The van der Waals surface area contributed by atoms with Crippen LogP contribution in [0.1, 0.15) is 64.2 Å². The molecule has 0 heterocycles. The van der Waals surface area contributed by atoms with Gasteiger partial charge in [-0.25, -0.2) is 0 Å². The molecular formula is C15H26NO2. The number of carbonyl (C=O) groups excluding carboxylic acids is 1. The zero-order chi connectivity index (χ0) is 12.8. The molecule has 1 radical (unpaired) electrons. The third-order valence-corrected chi connectivity index (χ3v) is 4.45. The molecular weight excluding hydrogens is 226 g/mol. The van der Waals surface area contributed by atoms with Gasteiger partial charge in [0.15, 0.2) is 0 Å². The van der Waals surface area contributed by atoms with Crippen LogP contribution in [0, 0.1) is 7.11 Å². The normalized spacial score (nSPS) is 22.9. The minimum absolute atomic E-state index is 0.146. The zero-order valence-corrected chi connectivity index (χ0v) is 11.4. The molecule has 0 unspecified atom stereocenters. The van der Waals surface area contributed by atoms with Gasteiger partial charge >= 0.3 is 0 Å². The van der Waals surface area contributed by atoms with Crippen molar-refractivity contribution in [1.82, 2.24) is 4.90 Å². The van der Waals surface area contributed by atoms with Crippen LogP contribution in [0.15, 0.2) is 0 Å². The first-order valence-electron chi connectivity index (χ1n) is 7.51. The third-order valence-electron chi connectivity index (χ3n) is 4.45. The van der Waals surface area contributed by atoms with Gasteiger partial charge in [-0.15, -0.1) is 0 Å². The van der Waals surface area contributed by atoms with Crippen molar-refractivity contribution in [3.8, 4) is 0 Å². The maximum absolute atomic E-state index is 12.3. The van der Waals surface area contributed by atoms with Crippen LogP contribution in [0.3, 0.4) is 0 Å². The number of ether oxygens (including phenoxy) is 1. The summed E-state index contributed by atoms with van der Waals surface area (Å²) in [4.78, 5) is 14.5. The van der Waals surface area contributed by atoms with E-state index in [0.717, 1.165) is 0 Å². The van der Waals surface area contributed by atoms with Gasteiger partial charge in [-0.2, -0.15) is 0 Å². The van der Waals surface area contributed by atoms with Crippen LogP contribution < -0.4 is 0 Å². The third kappa shape index (κ3) is 3.47. The Bertz CT molecular complexity index is 237. The van der Waals surface area contributed by atoms with Gasteiger partial charge in [-0.1, -0.05) is 38.5 Å². The van der Waals surface area contributed by atoms with E-state index in [-0.39, 0.29) is 12.5 Å². The van der Waals surface area contributed by atoms with Crippen LogP contribution in [0.25, 0.3) is 0 Å². The summed E-state index contributed by atoms with van der Waals surface area (Å²) in [6.45, 7) is 0.146. The molecule has 3 nitrogen and oxygen atoms in total. The number of hydrogen-bond acceptors (Lipinski definition) is 2. The van der Waals surface area contributed by atoms with Crippen molar-refractivity contribution < 1.29 is 9.53 Å². The number of rotatable bonds is 4. The Kier molecular flexibility index (Phi) is 5.48. The molecule has 0 bridgehead atoms. The molecule has 0 aromatic heterocycles. The predicted octanol–water partition coefficient (Wildman–Crippen LogP) is 3.29. The molecule has 0 N–H and O–H groups in total. The van der Waals surface area contributed by atoms with Gasteiger partial charge in [0.25, 0.3) is 0 Å². The van der Waals surface area contributed by atoms with Gasteiger partial charge < -0.3 is 9.64 Å². The lowest BCUT2D eigenvalue weighted by Gasteiger charge is -2.41. The lowest BCUT2D eigenvalue weighted by Crippen LogP contribution is -2.50. The number of carbonyl (C=O) groups is 1. The second kappa shape index (κ2) is 7.13. The van der Waals surface area contributed by atoms with Gasteiger partial charge in [-0.05, 0) is 25.7 Å². The monoisotopic (exact) mass is 252 g/mol. The molecule has 0 atom stereocenters. The molecule has 2 aliphatic rings. The zero-order valence-electron chi connectivity index (χ0n) is 11.4. The van der Waals surface area contributed by atoms with E-state index in [4.69, 9.17) is 4.74 Å². The molecule has 0 aromatic carbocycles. The van der Waals surface area contributed by atoms with Crippen molar-refractivity contribution in [2.45, 2.75) is 76.3 Å². The Hall–Kier alpha value is -0.570. The smallest absolute Gasteiger partial charge is 0.249 e. The van der Waals surface area contributed by atoms with Crippen molar-refractivity contribution in [2.75, 3.05) is 6.61 Å². The van der Waals surface area contributed by atoms with E-state index >= 15 is 0 Å². The molecule has 0 aliphatic heterocycles. The van der Waals surface area contributed by atoms with Gasteiger partial charge in [0.2, 0.25) is 5.91 Å². The van der Waals surface area contributed by atoms with Crippen LogP contribution in [-0.2, 0) is 9.53 Å². The van der Waals surface area contributed by atoms with Gasteiger partial charge in [0.05, 0.1) is 7.11 Å². The number of amides is 1. The topological polar surface area (TPSA) is 29.5 Å². The summed E-state index contributed by atoms with van der Waals surface area (Å²) in [5.74, 6) is 0.156. The fraction of sp³-hybridized carbons (Fsp3) is 0.867. The lowest BCUT2D eigenvalue weighted by atomic mass is 9.88. The minimum atomic E-state index is 0.146. The fourth-order valence-electron chi connectivity index (χ4n) is 3.59. The van der Waals surface area contributed by atoms with Crippen molar-refractivity contribution in [3.63, 3.8) is 0 Å². The first-order valence-corrected chi connectivity index (χ1v) is 7.51. The van der Waals surface area contributed by atoms with E-state index in [1.165, 1.54) is 64.2 Å². The molecule has 1 amide bonds. The van der Waals surface area contributed by atoms with Crippen LogP contribution in [0.4, 0.5) is 0 Å². The van der Waals surface area contributed by atoms with E-state index in [1.54, 1.807) is 0 Å². The Balaban J connectivity index is 2.02. The number of nitrogens with zero attached hydrogens (tertiary/aromatic N) is 1. The summed E-state index contributed by atoms with van der Waals surface area (Å²) in [5, 5.41) is 0. The fourth-order valence-corrected chi connectivity index (χ4v) is 3.59. The molecule has 3 heteroatoms. The average molecular weight is 252 g/mol. The molecule has 0 spiro atoms. The first kappa shape index (κ1) is 13.9. The van der Waals surface area contributed by atoms with E-state index < -0.39 is 0 Å². The Labute approximate surface area is 111 Å². The van der Waals surface area contributed by atoms with Gasteiger partial charge in [0.1, 0.15) is 6.61 Å². The summed E-state index contributed by atoms with van der Waals surface area (Å²) >= 11 is 0. The van der Waals surface area contributed by atoms with E-state index in [1.807, 2.05) is 0 Å². The summed E-state index contributed by atoms with van der Waals surface area (Å²) in [6, 6.07) is 0.925. The van der Waals surface area contributed by atoms with Crippen LogP contribution in [-0.4, -0.2) is 29.5 Å². The SMILES string of the molecule is [CH2]OCC(=O)N(C1CCCCC1)C1CCCCC1. The van der Waals surface area contributed by atoms with Crippen LogP contribution in [0.5, 0.6) is 0 Å². The molecule has 2 rings (SSSR count). The van der Waals surface area contributed by atoms with E-state index in [2.05, 4.69) is 12.0 Å². The maximum atomic E-state index is 12.3. The predicted molar refractivity (Wildman–Crippen MR) is 71.9 cm³/mol. The minimum Gasteiger partial charge on any atom is -0.369 e.